The summed E-state index contributed by atoms with van der Waals surface area (Å²) in [7, 11) is 0. The van der Waals surface area contributed by atoms with Crippen LogP contribution in [0.2, 0.25) is 0 Å². The van der Waals surface area contributed by atoms with Gasteiger partial charge < -0.3 is 21.3 Å². The second-order valence-electron chi connectivity index (χ2n) is 4.75. The minimum Gasteiger partial charge on any atom is -0.508 e. The highest BCUT2D eigenvalue weighted by Gasteiger charge is 2.22. The first-order valence-corrected chi connectivity index (χ1v) is 6.13. The lowest BCUT2D eigenvalue weighted by molar-refractivity contribution is 0.0868. The third-order valence-corrected chi connectivity index (χ3v) is 3.31. The number of hydrogen-bond acceptors (Lipinski definition) is 4. The fourth-order valence-electron chi connectivity index (χ4n) is 2.22. The van der Waals surface area contributed by atoms with Crippen LogP contribution in [0, 0.1) is 0 Å². The Labute approximate surface area is 106 Å². The minimum atomic E-state index is -0.273. The van der Waals surface area contributed by atoms with Crippen LogP contribution in [0.4, 0.5) is 5.69 Å². The number of nitrogen functional groups attached to an aromatic ring is 1. The van der Waals surface area contributed by atoms with Crippen molar-refractivity contribution >= 4 is 11.6 Å². The monoisotopic (exact) mass is 250 g/mol. The van der Waals surface area contributed by atoms with Crippen LogP contribution in [0.5, 0.6) is 5.75 Å². The van der Waals surface area contributed by atoms with E-state index in [-0.39, 0.29) is 23.8 Å². The molecule has 0 bridgehead atoms. The maximum Gasteiger partial charge on any atom is 0.253 e. The first-order chi connectivity index (χ1) is 8.56. The molecule has 1 aliphatic rings. The summed E-state index contributed by atoms with van der Waals surface area (Å²) in [5.74, 6) is -0.252. The molecular formula is C13H18N2O3. The predicted molar refractivity (Wildman–Crippen MR) is 68.2 cm³/mol. The number of benzene rings is 1. The van der Waals surface area contributed by atoms with Gasteiger partial charge in [-0.1, -0.05) is 0 Å². The first kappa shape index (κ1) is 12.7. The molecule has 98 valence electrons. The lowest BCUT2D eigenvalue weighted by atomic mass is 9.93. The Balaban J connectivity index is 2.01. The molecule has 0 aliphatic heterocycles. The zero-order valence-corrected chi connectivity index (χ0v) is 10.1. The molecule has 0 aromatic heterocycles. The van der Waals surface area contributed by atoms with E-state index in [4.69, 9.17) is 5.73 Å². The number of carbonyl (C=O) groups excluding carboxylic acids is 1. The second kappa shape index (κ2) is 5.27. The molecule has 1 amide bonds. The largest absolute Gasteiger partial charge is 0.508 e. The van der Waals surface area contributed by atoms with Crippen molar-refractivity contribution in [1.29, 1.82) is 0 Å². The molecule has 0 atom stereocenters. The summed E-state index contributed by atoms with van der Waals surface area (Å²) in [6.07, 6.45) is 2.71. The molecule has 1 aromatic carbocycles. The number of phenols is 1. The number of hydrogen-bond donors (Lipinski definition) is 4. The van der Waals surface area contributed by atoms with Gasteiger partial charge in [-0.2, -0.15) is 0 Å². The zero-order chi connectivity index (χ0) is 13.1. The molecule has 1 aliphatic carbocycles. The average molecular weight is 250 g/mol. The number of aromatic hydroxyl groups is 1. The van der Waals surface area contributed by atoms with Gasteiger partial charge in [-0.3, -0.25) is 4.79 Å². The van der Waals surface area contributed by atoms with Crippen molar-refractivity contribution in [3.63, 3.8) is 0 Å². The number of rotatable bonds is 2. The van der Waals surface area contributed by atoms with Crippen LogP contribution in [-0.4, -0.2) is 28.3 Å². The van der Waals surface area contributed by atoms with Gasteiger partial charge in [0.1, 0.15) is 5.75 Å². The molecule has 0 heterocycles. The molecule has 0 saturated heterocycles. The smallest absolute Gasteiger partial charge is 0.253 e. The summed E-state index contributed by atoms with van der Waals surface area (Å²) in [5.41, 5.74) is 6.35. The van der Waals surface area contributed by atoms with Gasteiger partial charge in [0.15, 0.2) is 0 Å². The zero-order valence-electron chi connectivity index (χ0n) is 10.1. The van der Waals surface area contributed by atoms with E-state index in [1.54, 1.807) is 0 Å². The van der Waals surface area contributed by atoms with Crippen LogP contribution >= 0.6 is 0 Å². The van der Waals surface area contributed by atoms with Crippen LogP contribution < -0.4 is 11.1 Å². The summed E-state index contributed by atoms with van der Waals surface area (Å²) >= 11 is 0. The number of aliphatic hydroxyl groups excluding tert-OH is 1. The molecule has 0 radical (unpaired) electrons. The van der Waals surface area contributed by atoms with Crippen LogP contribution in [0.25, 0.3) is 0 Å². The van der Waals surface area contributed by atoms with Gasteiger partial charge in [0.25, 0.3) is 5.91 Å². The van der Waals surface area contributed by atoms with Crippen molar-refractivity contribution in [3.05, 3.63) is 23.8 Å². The van der Waals surface area contributed by atoms with Gasteiger partial charge in [-0.25, -0.2) is 0 Å². The van der Waals surface area contributed by atoms with Gasteiger partial charge in [0.05, 0.1) is 11.7 Å². The highest BCUT2D eigenvalue weighted by molar-refractivity contribution is 5.99. The second-order valence-corrected chi connectivity index (χ2v) is 4.75. The number of aliphatic hydroxyl groups is 1. The van der Waals surface area contributed by atoms with E-state index < -0.39 is 0 Å². The number of anilines is 1. The van der Waals surface area contributed by atoms with Crippen LogP contribution in [0.3, 0.4) is 0 Å². The molecule has 1 saturated carbocycles. The molecule has 5 heteroatoms. The summed E-state index contributed by atoms with van der Waals surface area (Å²) in [6.45, 7) is 0. The maximum absolute atomic E-state index is 12.0. The number of nitrogens with two attached hydrogens (primary N) is 1. The molecule has 18 heavy (non-hydrogen) atoms. The predicted octanol–water partition coefficient (Wildman–Crippen LogP) is 1.01. The highest BCUT2D eigenvalue weighted by atomic mass is 16.3. The van der Waals surface area contributed by atoms with E-state index in [9.17, 15) is 15.0 Å². The van der Waals surface area contributed by atoms with E-state index in [2.05, 4.69) is 5.32 Å². The Morgan fingerprint density at radius 1 is 1.28 bits per heavy atom. The summed E-state index contributed by atoms with van der Waals surface area (Å²) < 4.78 is 0. The van der Waals surface area contributed by atoms with Crippen molar-refractivity contribution in [2.45, 2.75) is 37.8 Å². The molecule has 0 unspecified atom stereocenters. The SMILES string of the molecule is Nc1ccc(O)cc1C(=O)NC1CCC(O)CC1. The van der Waals surface area contributed by atoms with Gasteiger partial charge >= 0.3 is 0 Å². The quantitative estimate of drug-likeness (QED) is 0.465. The lowest BCUT2D eigenvalue weighted by Crippen LogP contribution is -2.38. The minimum absolute atomic E-state index is 0.0217. The van der Waals surface area contributed by atoms with Crippen LogP contribution in [-0.2, 0) is 0 Å². The van der Waals surface area contributed by atoms with E-state index in [0.29, 0.717) is 24.1 Å². The Kier molecular flexibility index (Phi) is 3.72. The number of phenolic OH excluding ortho intramolecular Hbond substituents is 1. The van der Waals surface area contributed by atoms with Gasteiger partial charge in [-0.05, 0) is 43.9 Å². The third-order valence-electron chi connectivity index (χ3n) is 3.31. The number of amides is 1. The molecular weight excluding hydrogens is 232 g/mol. The van der Waals surface area contributed by atoms with Crippen molar-refractivity contribution in [3.8, 4) is 5.75 Å². The Morgan fingerprint density at radius 3 is 2.61 bits per heavy atom. The van der Waals surface area contributed by atoms with Crippen LogP contribution in [0.1, 0.15) is 36.0 Å². The molecule has 5 N–H and O–H groups in total. The van der Waals surface area contributed by atoms with Crippen molar-refractivity contribution < 1.29 is 15.0 Å². The van der Waals surface area contributed by atoms with E-state index in [0.717, 1.165) is 12.8 Å². The standard InChI is InChI=1S/C13H18N2O3/c14-12-6-5-10(17)7-11(12)13(18)15-8-1-3-9(16)4-2-8/h5-9,16-17H,1-4,14H2,(H,15,18). The van der Waals surface area contributed by atoms with Gasteiger partial charge in [0, 0.05) is 11.7 Å². The Bertz CT molecular complexity index is 440. The number of nitrogens with one attached hydrogen (secondary N) is 1. The lowest BCUT2D eigenvalue weighted by Gasteiger charge is -2.26. The van der Waals surface area contributed by atoms with E-state index in [1.807, 2.05) is 0 Å². The average Bonchev–Trinajstić information content (AvgIpc) is 2.35. The molecule has 1 aromatic rings. The third kappa shape index (κ3) is 2.92. The van der Waals surface area contributed by atoms with Crippen molar-refractivity contribution in [2.24, 2.45) is 0 Å². The van der Waals surface area contributed by atoms with E-state index in [1.165, 1.54) is 18.2 Å². The molecule has 5 nitrogen and oxygen atoms in total. The maximum atomic E-state index is 12.0. The fourth-order valence-corrected chi connectivity index (χ4v) is 2.22. The molecule has 0 spiro atoms. The van der Waals surface area contributed by atoms with Gasteiger partial charge in [-0.15, -0.1) is 0 Å². The number of carbonyl (C=O) groups is 1. The van der Waals surface area contributed by atoms with Gasteiger partial charge in [0.2, 0.25) is 0 Å². The fraction of sp³-hybridized carbons (Fsp3) is 0.462. The van der Waals surface area contributed by atoms with Crippen molar-refractivity contribution in [2.75, 3.05) is 5.73 Å². The molecule has 1 fully saturated rings. The first-order valence-electron chi connectivity index (χ1n) is 6.13. The topological polar surface area (TPSA) is 95.6 Å². The highest BCUT2D eigenvalue weighted by Crippen LogP contribution is 2.21. The summed E-state index contributed by atoms with van der Waals surface area (Å²) in [5, 5.41) is 21.6. The molecule has 2 rings (SSSR count). The summed E-state index contributed by atoms with van der Waals surface area (Å²) in [6, 6.07) is 4.39. The normalized spacial score (nSPS) is 23.6. The Morgan fingerprint density at radius 2 is 1.94 bits per heavy atom. The Hall–Kier alpha value is -1.75. The van der Waals surface area contributed by atoms with E-state index >= 15 is 0 Å². The van der Waals surface area contributed by atoms with Crippen molar-refractivity contribution in [1.82, 2.24) is 5.32 Å². The summed E-state index contributed by atoms with van der Waals surface area (Å²) in [4.78, 5) is 12.0. The van der Waals surface area contributed by atoms with Crippen LogP contribution in [0.15, 0.2) is 18.2 Å².